The molecule has 1 N–H and O–H groups in total. The maximum absolute atomic E-state index is 13.7. The van der Waals surface area contributed by atoms with E-state index < -0.39 is 0 Å². The van der Waals surface area contributed by atoms with Gasteiger partial charge in [0.05, 0.1) is 24.1 Å². The minimum atomic E-state index is -0.323. The lowest BCUT2D eigenvalue weighted by Crippen LogP contribution is -1.99. The van der Waals surface area contributed by atoms with Crippen molar-refractivity contribution in [1.29, 1.82) is 0 Å². The Kier molecular flexibility index (Phi) is 3.58. The zero-order chi connectivity index (χ0) is 15.6. The highest BCUT2D eigenvalue weighted by Crippen LogP contribution is 2.22. The van der Waals surface area contributed by atoms with E-state index in [4.69, 9.17) is 4.42 Å². The van der Waals surface area contributed by atoms with Gasteiger partial charge in [-0.15, -0.1) is 10.2 Å². The highest BCUT2D eigenvalue weighted by atomic mass is 32.2. The van der Waals surface area contributed by atoms with Gasteiger partial charge < -0.3 is 14.0 Å². The van der Waals surface area contributed by atoms with E-state index in [9.17, 15) is 4.39 Å². The van der Waals surface area contributed by atoms with E-state index in [0.29, 0.717) is 29.2 Å². The molecule has 4 rings (SSSR count). The summed E-state index contributed by atoms with van der Waals surface area (Å²) in [6.07, 6.45) is 3.29. The highest BCUT2D eigenvalue weighted by Gasteiger charge is 2.11. The SMILES string of the molecule is Fc1cccc2[nH]c(CSc3nncn3Cc3ccco3)nc12. The van der Waals surface area contributed by atoms with Gasteiger partial charge in [-0.2, -0.15) is 0 Å². The Balaban J connectivity index is 1.50. The molecule has 116 valence electrons. The van der Waals surface area contributed by atoms with Gasteiger partial charge in [0.1, 0.15) is 23.4 Å². The summed E-state index contributed by atoms with van der Waals surface area (Å²) in [6, 6.07) is 8.61. The van der Waals surface area contributed by atoms with Crippen molar-refractivity contribution in [1.82, 2.24) is 24.7 Å². The Morgan fingerprint density at radius 1 is 1.26 bits per heavy atom. The van der Waals surface area contributed by atoms with E-state index in [0.717, 1.165) is 10.9 Å². The van der Waals surface area contributed by atoms with E-state index in [1.165, 1.54) is 17.8 Å². The molecule has 23 heavy (non-hydrogen) atoms. The molecule has 0 spiro atoms. The number of hydrogen-bond donors (Lipinski definition) is 1. The van der Waals surface area contributed by atoms with Gasteiger partial charge in [-0.1, -0.05) is 17.8 Å². The van der Waals surface area contributed by atoms with Gasteiger partial charge in [0, 0.05) is 0 Å². The predicted octanol–water partition coefficient (Wildman–Crippen LogP) is 3.23. The summed E-state index contributed by atoms with van der Waals surface area (Å²) in [5.41, 5.74) is 1.05. The molecule has 0 fully saturated rings. The van der Waals surface area contributed by atoms with E-state index in [1.807, 2.05) is 16.7 Å². The largest absolute Gasteiger partial charge is 0.467 e. The third-order valence-corrected chi connectivity index (χ3v) is 4.33. The number of thioether (sulfide) groups is 1. The molecule has 8 heteroatoms. The zero-order valence-corrected chi connectivity index (χ0v) is 12.8. The zero-order valence-electron chi connectivity index (χ0n) is 11.9. The first-order valence-corrected chi connectivity index (χ1v) is 7.94. The van der Waals surface area contributed by atoms with Crippen LogP contribution < -0.4 is 0 Å². The molecule has 0 atom stereocenters. The Bertz CT molecular complexity index is 931. The van der Waals surface area contributed by atoms with Crippen molar-refractivity contribution in [3.05, 3.63) is 60.3 Å². The lowest BCUT2D eigenvalue weighted by Gasteiger charge is -2.03. The molecule has 0 saturated heterocycles. The standard InChI is InChI=1S/C15H12FN5OS/c16-11-4-1-5-12-14(11)19-13(18-12)8-23-15-20-17-9-21(15)7-10-3-2-6-22-10/h1-6,9H,7-8H2,(H,18,19). The van der Waals surface area contributed by atoms with Crippen molar-refractivity contribution in [2.45, 2.75) is 17.5 Å². The van der Waals surface area contributed by atoms with Crippen molar-refractivity contribution < 1.29 is 8.81 Å². The molecule has 0 aliphatic rings. The third-order valence-electron chi connectivity index (χ3n) is 3.34. The number of fused-ring (bicyclic) bond motifs is 1. The number of nitrogens with zero attached hydrogens (tertiary/aromatic N) is 4. The number of hydrogen-bond acceptors (Lipinski definition) is 5. The van der Waals surface area contributed by atoms with Gasteiger partial charge in [0.25, 0.3) is 0 Å². The minimum Gasteiger partial charge on any atom is -0.467 e. The van der Waals surface area contributed by atoms with Crippen LogP contribution in [0.4, 0.5) is 4.39 Å². The third kappa shape index (κ3) is 2.85. The van der Waals surface area contributed by atoms with Crippen LogP contribution in [0.25, 0.3) is 11.0 Å². The summed E-state index contributed by atoms with van der Waals surface area (Å²) < 4.78 is 20.9. The fourth-order valence-corrected chi connectivity index (χ4v) is 3.07. The van der Waals surface area contributed by atoms with E-state index in [2.05, 4.69) is 20.2 Å². The number of halogens is 1. The smallest absolute Gasteiger partial charge is 0.191 e. The van der Waals surface area contributed by atoms with E-state index in [1.54, 1.807) is 24.7 Å². The summed E-state index contributed by atoms with van der Waals surface area (Å²) in [4.78, 5) is 7.41. The van der Waals surface area contributed by atoms with Crippen LogP contribution in [0.5, 0.6) is 0 Å². The van der Waals surface area contributed by atoms with Crippen LogP contribution >= 0.6 is 11.8 Å². The quantitative estimate of drug-likeness (QED) is 0.569. The van der Waals surface area contributed by atoms with Crippen LogP contribution in [0.1, 0.15) is 11.6 Å². The maximum Gasteiger partial charge on any atom is 0.191 e. The number of para-hydroxylation sites is 1. The van der Waals surface area contributed by atoms with Crippen LogP contribution in [0.15, 0.2) is 52.5 Å². The van der Waals surface area contributed by atoms with Crippen molar-refractivity contribution in [2.24, 2.45) is 0 Å². The van der Waals surface area contributed by atoms with Crippen LogP contribution in [-0.2, 0) is 12.3 Å². The van der Waals surface area contributed by atoms with Crippen LogP contribution in [0.2, 0.25) is 0 Å². The van der Waals surface area contributed by atoms with E-state index >= 15 is 0 Å². The van der Waals surface area contributed by atoms with Crippen molar-refractivity contribution in [3.8, 4) is 0 Å². The maximum atomic E-state index is 13.7. The lowest BCUT2D eigenvalue weighted by molar-refractivity contribution is 0.484. The Hall–Kier alpha value is -2.61. The minimum absolute atomic E-state index is 0.323. The average Bonchev–Trinajstić information content (AvgIpc) is 3.26. The van der Waals surface area contributed by atoms with Gasteiger partial charge in [0.2, 0.25) is 0 Å². The molecular weight excluding hydrogens is 317 g/mol. The number of imidazole rings is 1. The highest BCUT2D eigenvalue weighted by molar-refractivity contribution is 7.98. The Labute approximate surface area is 134 Å². The number of aromatic nitrogens is 5. The first-order chi connectivity index (χ1) is 11.3. The average molecular weight is 329 g/mol. The summed E-state index contributed by atoms with van der Waals surface area (Å²) in [7, 11) is 0. The predicted molar refractivity (Wildman–Crippen MR) is 83.4 cm³/mol. The van der Waals surface area contributed by atoms with Gasteiger partial charge >= 0.3 is 0 Å². The first kappa shape index (κ1) is 14.0. The molecule has 4 aromatic rings. The summed E-state index contributed by atoms with van der Waals surface area (Å²) in [5.74, 6) is 1.75. The molecule has 0 radical (unpaired) electrons. The first-order valence-electron chi connectivity index (χ1n) is 6.96. The van der Waals surface area contributed by atoms with Crippen molar-refractivity contribution in [3.63, 3.8) is 0 Å². The molecular formula is C15H12FN5OS. The molecule has 0 amide bonds. The van der Waals surface area contributed by atoms with Crippen molar-refractivity contribution >= 4 is 22.8 Å². The second kappa shape index (κ2) is 5.88. The second-order valence-corrected chi connectivity index (χ2v) is 5.87. The van der Waals surface area contributed by atoms with Gasteiger partial charge in [0.15, 0.2) is 11.0 Å². The fourth-order valence-electron chi connectivity index (χ4n) is 2.28. The van der Waals surface area contributed by atoms with Gasteiger partial charge in [-0.05, 0) is 24.3 Å². The monoisotopic (exact) mass is 329 g/mol. The molecule has 0 unspecified atom stereocenters. The molecule has 0 saturated carbocycles. The van der Waals surface area contributed by atoms with Crippen LogP contribution in [0, 0.1) is 5.82 Å². The number of nitrogens with one attached hydrogen (secondary N) is 1. The number of benzene rings is 1. The molecule has 0 aliphatic heterocycles. The number of aromatic amines is 1. The molecule has 0 bridgehead atoms. The van der Waals surface area contributed by atoms with Crippen LogP contribution in [0.3, 0.4) is 0 Å². The lowest BCUT2D eigenvalue weighted by atomic mass is 10.3. The van der Waals surface area contributed by atoms with Gasteiger partial charge in [-0.3, -0.25) is 0 Å². The Morgan fingerprint density at radius 3 is 3.04 bits per heavy atom. The number of rotatable bonds is 5. The van der Waals surface area contributed by atoms with E-state index in [-0.39, 0.29) is 5.82 Å². The number of furan rings is 1. The second-order valence-electron chi connectivity index (χ2n) is 4.93. The fraction of sp³-hybridized carbons (Fsp3) is 0.133. The summed E-state index contributed by atoms with van der Waals surface area (Å²) in [5, 5.41) is 8.79. The molecule has 3 aromatic heterocycles. The topological polar surface area (TPSA) is 72.5 Å². The molecule has 6 nitrogen and oxygen atoms in total. The Morgan fingerprint density at radius 2 is 2.22 bits per heavy atom. The molecule has 1 aromatic carbocycles. The van der Waals surface area contributed by atoms with Crippen molar-refractivity contribution in [2.75, 3.05) is 0 Å². The summed E-state index contributed by atoms with van der Waals surface area (Å²) in [6.45, 7) is 0.567. The molecule has 0 aliphatic carbocycles. The summed E-state index contributed by atoms with van der Waals surface area (Å²) >= 11 is 1.48. The normalized spacial score (nSPS) is 11.3. The van der Waals surface area contributed by atoms with Gasteiger partial charge in [-0.25, -0.2) is 9.37 Å². The molecule has 3 heterocycles. The van der Waals surface area contributed by atoms with Crippen LogP contribution in [-0.4, -0.2) is 24.7 Å². The number of H-pyrrole nitrogens is 1.